The second kappa shape index (κ2) is 7.05. The van der Waals surface area contributed by atoms with Crippen molar-refractivity contribution in [1.82, 2.24) is 10.2 Å². The van der Waals surface area contributed by atoms with Gasteiger partial charge >= 0.3 is 0 Å². The second-order valence-electron chi connectivity index (χ2n) is 6.16. The molecular formula is C19H19N5O2. The summed E-state index contributed by atoms with van der Waals surface area (Å²) in [7, 11) is 1.66. The zero-order chi connectivity index (χ0) is 17.9. The summed E-state index contributed by atoms with van der Waals surface area (Å²) in [4.78, 5) is 0. The molecular weight excluding hydrogens is 330 g/mol. The molecule has 0 aliphatic carbocycles. The molecule has 0 saturated carbocycles. The Morgan fingerprint density at radius 2 is 1.81 bits per heavy atom. The maximum atomic E-state index is 5.88. The highest BCUT2D eigenvalue weighted by Crippen LogP contribution is 2.35. The van der Waals surface area contributed by atoms with Crippen LogP contribution in [0.1, 0.15) is 17.5 Å². The Balaban J connectivity index is 1.61. The highest BCUT2D eigenvalue weighted by atomic mass is 16.5. The summed E-state index contributed by atoms with van der Waals surface area (Å²) in [6.45, 7) is 2.49. The summed E-state index contributed by atoms with van der Waals surface area (Å²) in [5, 5.41) is 18.9. The molecule has 0 N–H and O–H groups in total. The van der Waals surface area contributed by atoms with Crippen LogP contribution in [0.2, 0.25) is 0 Å². The first kappa shape index (κ1) is 16.4. The van der Waals surface area contributed by atoms with Crippen LogP contribution in [0, 0.1) is 6.92 Å². The van der Waals surface area contributed by atoms with Gasteiger partial charge in [0.05, 0.1) is 12.3 Å². The molecule has 132 valence electrons. The summed E-state index contributed by atoms with van der Waals surface area (Å²) in [5.41, 5.74) is 3.01. The van der Waals surface area contributed by atoms with Crippen molar-refractivity contribution in [3.8, 4) is 11.5 Å². The van der Waals surface area contributed by atoms with Crippen molar-refractivity contribution in [2.45, 2.75) is 19.0 Å². The van der Waals surface area contributed by atoms with Crippen molar-refractivity contribution in [3.05, 3.63) is 66.1 Å². The van der Waals surface area contributed by atoms with Crippen molar-refractivity contribution in [2.24, 2.45) is 10.3 Å². The van der Waals surface area contributed by atoms with E-state index in [2.05, 4.69) is 20.5 Å². The molecule has 4 rings (SSSR count). The average Bonchev–Trinajstić information content (AvgIpc) is 3.31. The zero-order valence-corrected chi connectivity index (χ0v) is 14.6. The Morgan fingerprint density at radius 1 is 1.04 bits per heavy atom. The van der Waals surface area contributed by atoms with Crippen molar-refractivity contribution in [1.29, 1.82) is 0 Å². The highest BCUT2D eigenvalue weighted by Gasteiger charge is 2.38. The number of rotatable bonds is 5. The van der Waals surface area contributed by atoms with Gasteiger partial charge in [0.15, 0.2) is 6.04 Å². The van der Waals surface area contributed by atoms with Gasteiger partial charge < -0.3 is 9.15 Å². The van der Waals surface area contributed by atoms with Crippen LogP contribution in [-0.4, -0.2) is 30.0 Å². The number of benzene rings is 2. The average molecular weight is 349 g/mol. The van der Waals surface area contributed by atoms with Gasteiger partial charge in [0.1, 0.15) is 6.04 Å². The van der Waals surface area contributed by atoms with Gasteiger partial charge in [0, 0.05) is 12.7 Å². The Kier molecular flexibility index (Phi) is 4.45. The summed E-state index contributed by atoms with van der Waals surface area (Å²) >= 11 is 0. The molecule has 0 radical (unpaired) electrons. The molecule has 7 heteroatoms. The van der Waals surface area contributed by atoms with Crippen molar-refractivity contribution in [2.75, 3.05) is 18.7 Å². The van der Waals surface area contributed by atoms with Gasteiger partial charge in [0.25, 0.3) is 0 Å². The molecule has 1 aliphatic heterocycles. The fraction of sp³-hybridized carbons (Fsp3) is 0.263. The highest BCUT2D eigenvalue weighted by molar-refractivity contribution is 5.52. The van der Waals surface area contributed by atoms with Gasteiger partial charge in [0.2, 0.25) is 11.8 Å². The normalized spacial score (nSPS) is 19.2. The molecule has 3 aromatic rings. The van der Waals surface area contributed by atoms with Gasteiger partial charge in [-0.25, -0.2) is 5.01 Å². The van der Waals surface area contributed by atoms with E-state index in [4.69, 9.17) is 9.15 Å². The molecule has 26 heavy (non-hydrogen) atoms. The minimum Gasteiger partial charge on any atom is -0.418 e. The topological polar surface area (TPSA) is 76.1 Å². The van der Waals surface area contributed by atoms with E-state index >= 15 is 0 Å². The largest absolute Gasteiger partial charge is 0.418 e. The van der Waals surface area contributed by atoms with E-state index in [0.717, 1.165) is 11.3 Å². The quantitative estimate of drug-likeness (QED) is 0.696. The van der Waals surface area contributed by atoms with Gasteiger partial charge in [-0.15, -0.1) is 10.2 Å². The molecule has 0 bridgehead atoms. The third kappa shape index (κ3) is 3.09. The molecule has 7 nitrogen and oxygen atoms in total. The van der Waals surface area contributed by atoms with Crippen LogP contribution in [-0.2, 0) is 4.74 Å². The minimum absolute atomic E-state index is 0.147. The molecule has 1 aliphatic rings. The van der Waals surface area contributed by atoms with E-state index < -0.39 is 0 Å². The molecule has 2 atom stereocenters. The van der Waals surface area contributed by atoms with E-state index in [1.807, 2.05) is 66.5 Å². The number of hydrogen-bond acceptors (Lipinski definition) is 7. The lowest BCUT2D eigenvalue weighted by Gasteiger charge is -2.23. The molecule has 2 aromatic carbocycles. The van der Waals surface area contributed by atoms with Crippen LogP contribution >= 0.6 is 0 Å². The molecule has 0 amide bonds. The number of anilines is 1. The lowest BCUT2D eigenvalue weighted by Crippen LogP contribution is -2.35. The van der Waals surface area contributed by atoms with Crippen LogP contribution in [0.5, 0.6) is 0 Å². The molecule has 1 aromatic heterocycles. The first-order valence-electron chi connectivity index (χ1n) is 8.40. The van der Waals surface area contributed by atoms with E-state index in [1.165, 1.54) is 5.56 Å². The number of methoxy groups -OCH3 is 1. The summed E-state index contributed by atoms with van der Waals surface area (Å²) in [6, 6.07) is 17.3. The van der Waals surface area contributed by atoms with E-state index in [9.17, 15) is 0 Å². The molecule has 0 saturated heterocycles. The Hall–Kier alpha value is -3.06. The first-order valence-corrected chi connectivity index (χ1v) is 8.40. The monoisotopic (exact) mass is 349 g/mol. The molecule has 2 unspecified atom stereocenters. The van der Waals surface area contributed by atoms with Crippen molar-refractivity contribution < 1.29 is 9.15 Å². The van der Waals surface area contributed by atoms with Crippen LogP contribution in [0.3, 0.4) is 0 Å². The lowest BCUT2D eigenvalue weighted by atomic mass is 10.1. The van der Waals surface area contributed by atoms with Gasteiger partial charge in [-0.05, 0) is 31.2 Å². The van der Waals surface area contributed by atoms with Crippen LogP contribution in [0.15, 0.2) is 69.4 Å². The molecule has 0 spiro atoms. The fourth-order valence-electron chi connectivity index (χ4n) is 2.93. The molecule has 2 heterocycles. The third-order valence-electron chi connectivity index (χ3n) is 4.30. The van der Waals surface area contributed by atoms with Crippen LogP contribution in [0.25, 0.3) is 11.5 Å². The van der Waals surface area contributed by atoms with Gasteiger partial charge in [-0.1, -0.05) is 41.1 Å². The maximum Gasteiger partial charge on any atom is 0.247 e. The first-order chi connectivity index (χ1) is 12.8. The van der Waals surface area contributed by atoms with E-state index in [0.29, 0.717) is 18.4 Å². The predicted octanol–water partition coefficient (Wildman–Crippen LogP) is 3.99. The Bertz CT molecular complexity index is 892. The second-order valence-corrected chi connectivity index (χ2v) is 6.16. The SMILES string of the molecule is COCC1C(c2nnc(-c3ccccc3)o2)N=NN1c1ccc(C)cc1. The minimum atomic E-state index is -0.374. The molecule has 0 fully saturated rings. The fourth-order valence-corrected chi connectivity index (χ4v) is 2.93. The summed E-state index contributed by atoms with van der Waals surface area (Å²) < 4.78 is 11.3. The number of ether oxygens (including phenoxy) is 1. The standard InChI is InChI=1S/C19H19N5O2/c1-13-8-10-15(11-9-13)24-16(12-25-2)17(20-23-24)19-22-21-18(26-19)14-6-4-3-5-7-14/h3-11,16-17H,12H2,1-2H3. The van der Waals surface area contributed by atoms with E-state index in [-0.39, 0.29) is 12.1 Å². The Morgan fingerprint density at radius 3 is 2.54 bits per heavy atom. The van der Waals surface area contributed by atoms with Gasteiger partial charge in [-0.3, -0.25) is 0 Å². The number of nitrogens with zero attached hydrogens (tertiary/aromatic N) is 5. The number of aromatic nitrogens is 2. The summed E-state index contributed by atoms with van der Waals surface area (Å²) in [5.74, 6) is 0.907. The number of aryl methyl sites for hydroxylation is 1. The maximum absolute atomic E-state index is 5.88. The predicted molar refractivity (Wildman–Crippen MR) is 96.7 cm³/mol. The van der Waals surface area contributed by atoms with Crippen molar-refractivity contribution >= 4 is 5.69 Å². The number of hydrogen-bond donors (Lipinski definition) is 0. The smallest absolute Gasteiger partial charge is 0.247 e. The van der Waals surface area contributed by atoms with E-state index in [1.54, 1.807) is 7.11 Å². The van der Waals surface area contributed by atoms with Crippen molar-refractivity contribution in [3.63, 3.8) is 0 Å². The third-order valence-corrected chi connectivity index (χ3v) is 4.30. The Labute approximate surface area is 151 Å². The zero-order valence-electron chi connectivity index (χ0n) is 14.6. The lowest BCUT2D eigenvalue weighted by molar-refractivity contribution is 0.169. The summed E-state index contributed by atoms with van der Waals surface area (Å²) in [6.07, 6.45) is 0. The van der Waals surface area contributed by atoms with Crippen LogP contribution < -0.4 is 5.01 Å². The van der Waals surface area contributed by atoms with Crippen LogP contribution in [0.4, 0.5) is 5.69 Å². The van der Waals surface area contributed by atoms with Gasteiger partial charge in [-0.2, -0.15) is 5.11 Å².